The molecule has 8 heteroatoms. The van der Waals surface area contributed by atoms with Gasteiger partial charge in [-0.2, -0.15) is 0 Å². The van der Waals surface area contributed by atoms with Crippen LogP contribution in [-0.2, 0) is 14.3 Å². The van der Waals surface area contributed by atoms with E-state index in [4.69, 9.17) is 4.74 Å². The molecule has 0 bridgehead atoms. The third-order valence-electron chi connectivity index (χ3n) is 4.35. The van der Waals surface area contributed by atoms with Crippen molar-refractivity contribution in [1.29, 1.82) is 0 Å². The Bertz CT molecular complexity index is 799. The molecule has 28 heavy (non-hydrogen) atoms. The second-order valence-electron chi connectivity index (χ2n) is 6.43. The molecule has 2 N–H and O–H groups in total. The van der Waals surface area contributed by atoms with Gasteiger partial charge in [0, 0.05) is 31.0 Å². The summed E-state index contributed by atoms with van der Waals surface area (Å²) in [6.45, 7) is 1.94. The molecule has 0 aliphatic carbocycles. The van der Waals surface area contributed by atoms with Crippen LogP contribution in [0.15, 0.2) is 41.8 Å². The van der Waals surface area contributed by atoms with Crippen LogP contribution in [0.1, 0.15) is 28.9 Å². The molecular weight excluding hydrogens is 378 g/mol. The number of anilines is 2. The van der Waals surface area contributed by atoms with E-state index in [2.05, 4.69) is 15.5 Å². The first-order chi connectivity index (χ1) is 13.6. The molecular formula is C20H23N3O4S. The minimum Gasteiger partial charge on any atom is -0.456 e. The molecule has 0 radical (unpaired) electrons. The monoisotopic (exact) mass is 401 g/mol. The quantitative estimate of drug-likeness (QED) is 0.664. The number of esters is 1. The van der Waals surface area contributed by atoms with Crippen LogP contribution >= 0.6 is 11.3 Å². The molecule has 1 aromatic heterocycles. The Balaban J connectivity index is 1.33. The summed E-state index contributed by atoms with van der Waals surface area (Å²) in [6.07, 6.45) is 2.43. The Morgan fingerprint density at radius 1 is 1.07 bits per heavy atom. The molecule has 7 nitrogen and oxygen atoms in total. The number of carbonyl (C=O) groups is 3. The Morgan fingerprint density at radius 2 is 1.82 bits per heavy atom. The molecule has 1 saturated heterocycles. The number of ether oxygens (including phenoxy) is 1. The number of thiophene rings is 1. The van der Waals surface area contributed by atoms with Crippen molar-refractivity contribution in [3.63, 3.8) is 0 Å². The molecule has 1 fully saturated rings. The summed E-state index contributed by atoms with van der Waals surface area (Å²) in [6, 6.07) is 11.1. The number of hydrogen-bond donors (Lipinski definition) is 2. The van der Waals surface area contributed by atoms with Gasteiger partial charge in [0.15, 0.2) is 6.61 Å². The van der Waals surface area contributed by atoms with Crippen molar-refractivity contribution in [3.05, 3.63) is 46.7 Å². The zero-order valence-corrected chi connectivity index (χ0v) is 16.3. The maximum absolute atomic E-state index is 11.9. The van der Waals surface area contributed by atoms with Crippen molar-refractivity contribution in [2.45, 2.75) is 19.3 Å². The lowest BCUT2D eigenvalue weighted by molar-refractivity contribution is -0.147. The lowest BCUT2D eigenvalue weighted by Crippen LogP contribution is -2.27. The van der Waals surface area contributed by atoms with E-state index < -0.39 is 11.9 Å². The maximum atomic E-state index is 11.9. The Morgan fingerprint density at radius 3 is 2.50 bits per heavy atom. The van der Waals surface area contributed by atoms with Crippen LogP contribution in [0.5, 0.6) is 0 Å². The van der Waals surface area contributed by atoms with Gasteiger partial charge in [0.1, 0.15) is 0 Å². The third-order valence-corrected chi connectivity index (χ3v) is 5.21. The molecule has 1 aliphatic heterocycles. The van der Waals surface area contributed by atoms with Crippen molar-refractivity contribution in [2.75, 3.05) is 36.5 Å². The minimum atomic E-state index is -0.536. The van der Waals surface area contributed by atoms with Crippen molar-refractivity contribution < 1.29 is 19.1 Å². The SMILES string of the molecule is O=C(COC(=O)CCNC(=O)c1cccs1)Nc1ccc(N2CCCC2)cc1. The zero-order chi connectivity index (χ0) is 19.8. The summed E-state index contributed by atoms with van der Waals surface area (Å²) in [7, 11) is 0. The predicted octanol–water partition coefficient (Wildman–Crippen LogP) is 2.65. The number of benzene rings is 1. The largest absolute Gasteiger partial charge is 0.456 e. The standard InChI is InChI=1S/C20H23N3O4S/c24-18(22-15-5-7-16(8-6-15)23-11-1-2-12-23)14-27-19(25)9-10-21-20(26)17-4-3-13-28-17/h3-8,13H,1-2,9-12,14H2,(H,21,26)(H,22,24). The molecule has 2 heterocycles. The summed E-state index contributed by atoms with van der Waals surface area (Å²) in [5, 5.41) is 7.15. The number of carbonyl (C=O) groups excluding carboxylic acids is 3. The highest BCUT2D eigenvalue weighted by Gasteiger charge is 2.13. The van der Waals surface area contributed by atoms with E-state index in [1.807, 2.05) is 29.6 Å². The lowest BCUT2D eigenvalue weighted by atomic mass is 10.2. The maximum Gasteiger partial charge on any atom is 0.308 e. The van der Waals surface area contributed by atoms with E-state index >= 15 is 0 Å². The minimum absolute atomic E-state index is 0.00886. The van der Waals surface area contributed by atoms with Gasteiger partial charge in [0.05, 0.1) is 11.3 Å². The predicted molar refractivity (Wildman–Crippen MR) is 109 cm³/mol. The Hall–Kier alpha value is -2.87. The first-order valence-corrected chi connectivity index (χ1v) is 10.1. The molecule has 0 saturated carbocycles. The number of nitrogens with one attached hydrogen (secondary N) is 2. The summed E-state index contributed by atoms with van der Waals surface area (Å²) in [5.74, 6) is -1.16. The van der Waals surface area contributed by atoms with E-state index in [-0.39, 0.29) is 25.5 Å². The van der Waals surface area contributed by atoms with Gasteiger partial charge in [-0.3, -0.25) is 14.4 Å². The van der Waals surface area contributed by atoms with Gasteiger partial charge in [-0.1, -0.05) is 6.07 Å². The lowest BCUT2D eigenvalue weighted by Gasteiger charge is -2.17. The highest BCUT2D eigenvalue weighted by atomic mass is 32.1. The summed E-state index contributed by atoms with van der Waals surface area (Å²) in [5.41, 5.74) is 1.80. The fourth-order valence-corrected chi connectivity index (χ4v) is 3.56. The number of nitrogens with zero attached hydrogens (tertiary/aromatic N) is 1. The molecule has 0 spiro atoms. The van der Waals surface area contributed by atoms with E-state index in [1.165, 1.54) is 24.2 Å². The number of hydrogen-bond acceptors (Lipinski definition) is 6. The van der Waals surface area contributed by atoms with E-state index in [1.54, 1.807) is 12.1 Å². The van der Waals surface area contributed by atoms with E-state index in [0.717, 1.165) is 18.8 Å². The third kappa shape index (κ3) is 5.82. The molecule has 0 unspecified atom stereocenters. The molecule has 1 aromatic carbocycles. The number of rotatable bonds is 8. The smallest absolute Gasteiger partial charge is 0.308 e. The van der Waals surface area contributed by atoms with Gasteiger partial charge in [-0.25, -0.2) is 0 Å². The van der Waals surface area contributed by atoms with E-state index in [0.29, 0.717) is 10.6 Å². The molecule has 148 valence electrons. The normalized spacial score (nSPS) is 13.2. The van der Waals surface area contributed by atoms with Gasteiger partial charge < -0.3 is 20.3 Å². The summed E-state index contributed by atoms with van der Waals surface area (Å²) in [4.78, 5) is 38.3. The fraction of sp³-hybridized carbons (Fsp3) is 0.350. The van der Waals surface area contributed by atoms with Crippen molar-refractivity contribution >= 4 is 40.5 Å². The van der Waals surface area contributed by atoms with Crippen molar-refractivity contribution in [1.82, 2.24) is 5.32 Å². The first-order valence-electron chi connectivity index (χ1n) is 9.24. The van der Waals surface area contributed by atoms with Gasteiger partial charge >= 0.3 is 5.97 Å². The summed E-state index contributed by atoms with van der Waals surface area (Å²) >= 11 is 1.33. The van der Waals surface area contributed by atoms with Crippen molar-refractivity contribution in [2.24, 2.45) is 0 Å². The molecule has 3 rings (SSSR count). The van der Waals surface area contributed by atoms with E-state index in [9.17, 15) is 14.4 Å². The van der Waals surface area contributed by atoms with Crippen LogP contribution in [0.4, 0.5) is 11.4 Å². The Kier molecular flexibility index (Phi) is 7.02. The van der Waals surface area contributed by atoms with Gasteiger partial charge in [-0.15, -0.1) is 11.3 Å². The highest BCUT2D eigenvalue weighted by molar-refractivity contribution is 7.12. The topological polar surface area (TPSA) is 87.7 Å². The molecule has 0 atom stereocenters. The molecule has 1 aliphatic rings. The summed E-state index contributed by atoms with van der Waals surface area (Å²) < 4.78 is 4.95. The number of amides is 2. The van der Waals surface area contributed by atoms with Crippen LogP contribution in [0.2, 0.25) is 0 Å². The van der Waals surface area contributed by atoms with Crippen LogP contribution in [0.25, 0.3) is 0 Å². The van der Waals surface area contributed by atoms with Gasteiger partial charge in [0.2, 0.25) is 0 Å². The van der Waals surface area contributed by atoms with Crippen LogP contribution in [0.3, 0.4) is 0 Å². The van der Waals surface area contributed by atoms with Crippen LogP contribution < -0.4 is 15.5 Å². The molecule has 2 amide bonds. The second-order valence-corrected chi connectivity index (χ2v) is 7.38. The highest BCUT2D eigenvalue weighted by Crippen LogP contribution is 2.21. The molecule has 2 aromatic rings. The fourth-order valence-electron chi connectivity index (χ4n) is 2.92. The van der Waals surface area contributed by atoms with Crippen LogP contribution in [0, 0.1) is 0 Å². The zero-order valence-electron chi connectivity index (χ0n) is 15.5. The average Bonchev–Trinajstić information content (AvgIpc) is 3.41. The van der Waals surface area contributed by atoms with Crippen LogP contribution in [-0.4, -0.2) is 44.0 Å². The van der Waals surface area contributed by atoms with Crippen molar-refractivity contribution in [3.8, 4) is 0 Å². The first kappa shape index (κ1) is 19.9. The van der Waals surface area contributed by atoms with Gasteiger partial charge in [0.25, 0.3) is 11.8 Å². The van der Waals surface area contributed by atoms with Gasteiger partial charge in [-0.05, 0) is 48.6 Å². The Labute approximate surface area is 167 Å². The average molecular weight is 401 g/mol. The second kappa shape index (κ2) is 9.89.